The first-order valence-electron chi connectivity index (χ1n) is 6.88. The summed E-state index contributed by atoms with van der Waals surface area (Å²) in [6.07, 6.45) is 4.03. The van der Waals surface area contributed by atoms with Crippen LogP contribution < -0.4 is 4.72 Å². The van der Waals surface area contributed by atoms with Crippen molar-refractivity contribution in [3.63, 3.8) is 0 Å². The van der Waals surface area contributed by atoms with Gasteiger partial charge in [-0.2, -0.15) is 17.8 Å². The van der Waals surface area contributed by atoms with E-state index in [1.165, 1.54) is 4.31 Å². The molecule has 0 radical (unpaired) electrons. The highest BCUT2D eigenvalue weighted by Crippen LogP contribution is 2.22. The van der Waals surface area contributed by atoms with Gasteiger partial charge in [0.1, 0.15) is 0 Å². The van der Waals surface area contributed by atoms with E-state index < -0.39 is 10.2 Å². The van der Waals surface area contributed by atoms with Crippen molar-refractivity contribution in [2.75, 3.05) is 17.8 Å². The second-order valence-electron chi connectivity index (χ2n) is 5.04. The van der Waals surface area contributed by atoms with Gasteiger partial charge in [-0.25, -0.2) is 0 Å². The van der Waals surface area contributed by atoms with Crippen LogP contribution in [0.15, 0.2) is 24.3 Å². The number of hydrogen-bond donors (Lipinski definition) is 2. The normalized spacial score (nSPS) is 18.0. The van der Waals surface area contributed by atoms with Crippen molar-refractivity contribution in [1.82, 2.24) is 14.5 Å². The maximum absolute atomic E-state index is 12.4. The van der Waals surface area contributed by atoms with Gasteiger partial charge in [0.25, 0.3) is 0 Å². The molecule has 0 aliphatic carbocycles. The molecule has 1 aromatic heterocycles. The molecular formula is C13H18N4O2S. The third kappa shape index (κ3) is 2.64. The number of benzene rings is 1. The predicted octanol–water partition coefficient (Wildman–Crippen LogP) is 2.10. The topological polar surface area (TPSA) is 78.1 Å². The highest BCUT2D eigenvalue weighted by molar-refractivity contribution is 7.90. The van der Waals surface area contributed by atoms with Crippen LogP contribution in [0.4, 0.5) is 5.82 Å². The molecule has 108 valence electrons. The van der Waals surface area contributed by atoms with Crippen molar-refractivity contribution in [2.45, 2.75) is 25.7 Å². The van der Waals surface area contributed by atoms with Crippen molar-refractivity contribution >= 4 is 26.9 Å². The van der Waals surface area contributed by atoms with Crippen LogP contribution in [0.5, 0.6) is 0 Å². The molecule has 1 aliphatic rings. The molecule has 0 amide bonds. The average Bonchev–Trinajstić information content (AvgIpc) is 2.67. The van der Waals surface area contributed by atoms with Gasteiger partial charge in [-0.15, -0.1) is 0 Å². The number of H-pyrrole nitrogens is 1. The van der Waals surface area contributed by atoms with Crippen molar-refractivity contribution < 1.29 is 8.42 Å². The Morgan fingerprint density at radius 1 is 1.10 bits per heavy atom. The van der Waals surface area contributed by atoms with Gasteiger partial charge in [0, 0.05) is 18.5 Å². The maximum atomic E-state index is 12.4. The number of anilines is 1. The number of nitrogens with one attached hydrogen (secondary N) is 2. The summed E-state index contributed by atoms with van der Waals surface area (Å²) in [5, 5.41) is 7.67. The van der Waals surface area contributed by atoms with E-state index in [9.17, 15) is 8.42 Å². The minimum Gasteiger partial charge on any atom is -0.276 e. The fourth-order valence-electron chi connectivity index (χ4n) is 2.51. The van der Waals surface area contributed by atoms with E-state index in [1.807, 2.05) is 24.3 Å². The fourth-order valence-corrected chi connectivity index (χ4v) is 3.78. The Labute approximate surface area is 118 Å². The number of nitrogens with zero attached hydrogens (tertiary/aromatic N) is 2. The number of rotatable bonds is 3. The molecule has 3 rings (SSSR count). The van der Waals surface area contributed by atoms with Crippen LogP contribution in [0.25, 0.3) is 10.9 Å². The minimum atomic E-state index is -3.52. The summed E-state index contributed by atoms with van der Waals surface area (Å²) in [6.45, 7) is 1.16. The van der Waals surface area contributed by atoms with E-state index in [4.69, 9.17) is 0 Å². The highest BCUT2D eigenvalue weighted by atomic mass is 32.2. The first-order valence-corrected chi connectivity index (χ1v) is 8.32. The molecule has 20 heavy (non-hydrogen) atoms. The SMILES string of the molecule is O=S(=O)(Nc1n[nH]c2ccccc12)N1CCCCCC1. The number of aromatic amines is 1. The summed E-state index contributed by atoms with van der Waals surface area (Å²) in [5.74, 6) is 0.366. The van der Waals surface area contributed by atoms with Crippen LogP contribution in [0, 0.1) is 0 Å². The van der Waals surface area contributed by atoms with Gasteiger partial charge in [0.05, 0.1) is 5.52 Å². The zero-order valence-electron chi connectivity index (χ0n) is 11.2. The van der Waals surface area contributed by atoms with Gasteiger partial charge in [-0.05, 0) is 25.0 Å². The average molecular weight is 294 g/mol. The van der Waals surface area contributed by atoms with Crippen molar-refractivity contribution in [2.24, 2.45) is 0 Å². The van der Waals surface area contributed by atoms with Crippen LogP contribution in [0.1, 0.15) is 25.7 Å². The molecule has 0 saturated carbocycles. The first kappa shape index (κ1) is 13.4. The molecule has 0 bridgehead atoms. The van der Waals surface area contributed by atoms with E-state index in [0.29, 0.717) is 18.9 Å². The van der Waals surface area contributed by atoms with Crippen molar-refractivity contribution in [3.8, 4) is 0 Å². The van der Waals surface area contributed by atoms with Gasteiger partial charge >= 0.3 is 10.2 Å². The van der Waals surface area contributed by atoms with Crippen LogP contribution in [0.2, 0.25) is 0 Å². The van der Waals surface area contributed by atoms with E-state index in [1.54, 1.807) is 0 Å². The molecule has 1 fully saturated rings. The summed E-state index contributed by atoms with van der Waals surface area (Å²) < 4.78 is 28.9. The molecule has 2 aromatic rings. The maximum Gasteiger partial charge on any atom is 0.302 e. The predicted molar refractivity (Wildman–Crippen MR) is 78.7 cm³/mol. The van der Waals surface area contributed by atoms with Gasteiger partial charge in [-0.3, -0.25) is 9.82 Å². The summed E-state index contributed by atoms with van der Waals surface area (Å²) in [6, 6.07) is 7.46. The molecule has 1 aromatic carbocycles. The smallest absolute Gasteiger partial charge is 0.276 e. The molecule has 7 heteroatoms. The second kappa shape index (κ2) is 5.41. The molecule has 1 saturated heterocycles. The number of aromatic nitrogens is 2. The van der Waals surface area contributed by atoms with Gasteiger partial charge < -0.3 is 0 Å². The summed E-state index contributed by atoms with van der Waals surface area (Å²) in [5.41, 5.74) is 0.820. The van der Waals surface area contributed by atoms with Crippen LogP contribution in [-0.4, -0.2) is 36.0 Å². The lowest BCUT2D eigenvalue weighted by Gasteiger charge is -2.19. The number of hydrogen-bond acceptors (Lipinski definition) is 3. The molecule has 0 spiro atoms. The zero-order chi connectivity index (χ0) is 14.0. The van der Waals surface area contributed by atoms with Gasteiger partial charge in [-0.1, -0.05) is 25.0 Å². The van der Waals surface area contributed by atoms with E-state index >= 15 is 0 Å². The second-order valence-corrected chi connectivity index (χ2v) is 6.71. The molecule has 0 unspecified atom stereocenters. The van der Waals surface area contributed by atoms with E-state index in [2.05, 4.69) is 14.9 Å². The van der Waals surface area contributed by atoms with Crippen molar-refractivity contribution in [3.05, 3.63) is 24.3 Å². The molecule has 6 nitrogen and oxygen atoms in total. The quantitative estimate of drug-likeness (QED) is 0.910. The summed E-state index contributed by atoms with van der Waals surface area (Å²) in [7, 11) is -3.52. The van der Waals surface area contributed by atoms with Gasteiger partial charge in [0.15, 0.2) is 5.82 Å². The molecule has 2 heterocycles. The Morgan fingerprint density at radius 3 is 2.55 bits per heavy atom. The van der Waals surface area contributed by atoms with E-state index in [0.717, 1.165) is 36.6 Å². The minimum absolute atomic E-state index is 0.366. The monoisotopic (exact) mass is 294 g/mol. The number of fused-ring (bicyclic) bond motifs is 1. The van der Waals surface area contributed by atoms with Crippen LogP contribution in [-0.2, 0) is 10.2 Å². The highest BCUT2D eigenvalue weighted by Gasteiger charge is 2.24. The molecule has 0 atom stereocenters. The number of para-hydroxylation sites is 1. The fraction of sp³-hybridized carbons (Fsp3) is 0.462. The lowest BCUT2D eigenvalue weighted by molar-refractivity contribution is 0.427. The Morgan fingerprint density at radius 2 is 1.80 bits per heavy atom. The molecule has 2 N–H and O–H groups in total. The lowest BCUT2D eigenvalue weighted by atomic mass is 10.2. The van der Waals surface area contributed by atoms with E-state index in [-0.39, 0.29) is 0 Å². The zero-order valence-corrected chi connectivity index (χ0v) is 12.0. The molecular weight excluding hydrogens is 276 g/mol. The Bertz CT molecular complexity index is 687. The summed E-state index contributed by atoms with van der Waals surface area (Å²) >= 11 is 0. The lowest BCUT2D eigenvalue weighted by Crippen LogP contribution is -2.36. The van der Waals surface area contributed by atoms with Crippen LogP contribution in [0.3, 0.4) is 0 Å². The Balaban J connectivity index is 1.85. The van der Waals surface area contributed by atoms with Crippen LogP contribution >= 0.6 is 0 Å². The van der Waals surface area contributed by atoms with Crippen molar-refractivity contribution in [1.29, 1.82) is 0 Å². The standard InChI is InChI=1S/C13H18N4O2S/c18-20(19,17-9-5-1-2-6-10-17)16-13-11-7-3-4-8-12(11)14-15-13/h3-4,7-8H,1-2,5-6,9-10H2,(H2,14,15,16). The third-order valence-corrected chi connectivity index (χ3v) is 5.10. The molecule has 1 aliphatic heterocycles. The van der Waals surface area contributed by atoms with Gasteiger partial charge in [0.2, 0.25) is 0 Å². The Kier molecular flexibility index (Phi) is 3.62. The first-order chi connectivity index (χ1) is 9.67. The largest absolute Gasteiger partial charge is 0.302 e. The Hall–Kier alpha value is -1.60. The summed E-state index contributed by atoms with van der Waals surface area (Å²) in [4.78, 5) is 0. The third-order valence-electron chi connectivity index (χ3n) is 3.60.